The first-order chi connectivity index (χ1) is 7.40. The van der Waals surface area contributed by atoms with E-state index in [4.69, 9.17) is 4.74 Å². The van der Waals surface area contributed by atoms with Gasteiger partial charge in [-0.1, -0.05) is 0 Å². The van der Waals surface area contributed by atoms with E-state index in [1.54, 1.807) is 17.0 Å². The van der Waals surface area contributed by atoms with Crippen LogP contribution in [0.2, 0.25) is 0 Å². The molecule has 0 fully saturated rings. The lowest BCUT2D eigenvalue weighted by molar-refractivity contribution is 0.0823. The summed E-state index contributed by atoms with van der Waals surface area (Å²) in [5, 5.41) is 0. The molecular weight excluding hydrogens is 224 g/mol. The summed E-state index contributed by atoms with van der Waals surface area (Å²) in [6.07, 6.45) is 10.2. The first-order valence-corrected chi connectivity index (χ1v) is 8.18. The minimum atomic E-state index is -0.508. The molecule has 0 atom stereocenters. The van der Waals surface area contributed by atoms with Gasteiger partial charge in [0.2, 0.25) is 0 Å². The van der Waals surface area contributed by atoms with E-state index >= 15 is 0 Å². The summed E-state index contributed by atoms with van der Waals surface area (Å²) in [7, 11) is -0.508. The number of imidazole rings is 1. The van der Waals surface area contributed by atoms with Gasteiger partial charge < -0.3 is 9.30 Å². The van der Waals surface area contributed by atoms with Crippen molar-refractivity contribution in [2.75, 3.05) is 31.1 Å². The van der Waals surface area contributed by atoms with Crippen molar-refractivity contribution < 1.29 is 9.53 Å². The molecule has 0 spiro atoms. The number of ketones is 1. The summed E-state index contributed by atoms with van der Waals surface area (Å²) in [6.45, 7) is 2.65. The zero-order chi connectivity index (χ0) is 12.2. The third-order valence-corrected chi connectivity index (χ3v) is 3.49. The van der Waals surface area contributed by atoms with Crippen molar-refractivity contribution in [2.24, 2.45) is 0 Å². The molecule has 1 aromatic heterocycles. The van der Waals surface area contributed by atoms with E-state index < -0.39 is 10.0 Å². The number of rotatable bonds is 6. The van der Waals surface area contributed by atoms with E-state index in [0.717, 1.165) is 12.4 Å². The lowest BCUT2D eigenvalue weighted by Gasteiger charge is -2.24. The maximum absolute atomic E-state index is 11.2. The van der Waals surface area contributed by atoms with Crippen LogP contribution in [0.5, 0.6) is 0 Å². The third kappa shape index (κ3) is 4.37. The molecule has 0 bridgehead atoms. The average molecular weight is 244 g/mol. The van der Waals surface area contributed by atoms with Crippen molar-refractivity contribution >= 4 is 15.8 Å². The van der Waals surface area contributed by atoms with E-state index in [0.29, 0.717) is 12.6 Å². The summed E-state index contributed by atoms with van der Waals surface area (Å²) in [6, 6.07) is 0. The molecule has 5 heteroatoms. The topological polar surface area (TPSA) is 44.1 Å². The van der Waals surface area contributed by atoms with Gasteiger partial charge in [0.25, 0.3) is 0 Å². The summed E-state index contributed by atoms with van der Waals surface area (Å²) in [4.78, 5) is 15.2. The Morgan fingerprint density at radius 1 is 1.50 bits per heavy atom. The smallest absolute Gasteiger partial charge is 0.195 e. The Morgan fingerprint density at radius 2 is 2.19 bits per heavy atom. The van der Waals surface area contributed by atoms with Crippen LogP contribution >= 0.6 is 10.0 Å². The van der Waals surface area contributed by atoms with Crippen LogP contribution < -0.4 is 0 Å². The molecule has 16 heavy (non-hydrogen) atoms. The summed E-state index contributed by atoms with van der Waals surface area (Å²) >= 11 is 0. The van der Waals surface area contributed by atoms with Crippen LogP contribution in [0.4, 0.5) is 0 Å². The molecule has 92 valence electrons. The molecule has 0 N–H and O–H groups in total. The lowest BCUT2D eigenvalue weighted by atomic mass is 10.4. The summed E-state index contributed by atoms with van der Waals surface area (Å²) in [5.41, 5.74) is 0. The first-order valence-electron chi connectivity index (χ1n) is 5.16. The maximum atomic E-state index is 11.2. The van der Waals surface area contributed by atoms with Gasteiger partial charge in [-0.2, -0.15) is 0 Å². The fraction of sp³-hybridized carbons (Fsp3) is 0.636. The van der Waals surface area contributed by atoms with Gasteiger partial charge in [0.05, 0.1) is 6.61 Å². The molecule has 0 aliphatic carbocycles. The van der Waals surface area contributed by atoms with E-state index in [9.17, 15) is 4.79 Å². The quantitative estimate of drug-likeness (QED) is 0.565. The molecule has 0 saturated heterocycles. The number of aromatic nitrogens is 2. The normalized spacial score (nSPS) is 12.8. The Labute approximate surface area is 98.3 Å². The molecule has 0 aromatic carbocycles. The van der Waals surface area contributed by atoms with Crippen LogP contribution in [0.3, 0.4) is 0 Å². The van der Waals surface area contributed by atoms with Crippen LogP contribution in [0.25, 0.3) is 0 Å². The number of nitrogens with zero attached hydrogens (tertiary/aromatic N) is 2. The van der Waals surface area contributed by atoms with Gasteiger partial charge in [0.15, 0.2) is 11.6 Å². The number of carbonyl (C=O) groups is 1. The molecule has 1 aromatic rings. The van der Waals surface area contributed by atoms with Crippen LogP contribution in [-0.4, -0.2) is 46.5 Å². The minimum Gasteiger partial charge on any atom is -0.360 e. The highest BCUT2D eigenvalue weighted by atomic mass is 32.3. The van der Waals surface area contributed by atoms with Crippen molar-refractivity contribution in [3.05, 3.63) is 18.2 Å². The van der Waals surface area contributed by atoms with Crippen molar-refractivity contribution in [1.82, 2.24) is 9.55 Å². The Bertz CT molecular complexity index is 355. The molecule has 0 aliphatic rings. The highest BCUT2D eigenvalue weighted by Gasteiger charge is 2.08. The standard InChI is InChI=1S/C11H20N2O2S/c1-10(14)11-12-5-6-13(11)9-15-7-8-16(2,3)4/h5-6H,7-9H2,1-4H3. The van der Waals surface area contributed by atoms with E-state index in [-0.39, 0.29) is 5.78 Å². The Hall–Kier alpha value is -0.810. The molecule has 0 amide bonds. The SMILES string of the molecule is CC(=O)c1nccn1COCCS(C)(C)C. The second-order valence-corrected chi connectivity index (χ2v) is 9.20. The van der Waals surface area contributed by atoms with Crippen LogP contribution in [0.15, 0.2) is 12.4 Å². The van der Waals surface area contributed by atoms with Crippen molar-refractivity contribution in [3.8, 4) is 0 Å². The summed E-state index contributed by atoms with van der Waals surface area (Å²) in [5.74, 6) is 1.51. The van der Waals surface area contributed by atoms with E-state index in [1.807, 2.05) is 0 Å². The van der Waals surface area contributed by atoms with Gasteiger partial charge >= 0.3 is 0 Å². The maximum Gasteiger partial charge on any atom is 0.195 e. The Kier molecular flexibility index (Phi) is 4.56. The van der Waals surface area contributed by atoms with Crippen molar-refractivity contribution in [2.45, 2.75) is 13.7 Å². The molecule has 0 unspecified atom stereocenters. The fourth-order valence-electron chi connectivity index (χ4n) is 1.20. The number of hydrogen-bond acceptors (Lipinski definition) is 3. The van der Waals surface area contributed by atoms with Crippen molar-refractivity contribution in [1.29, 1.82) is 0 Å². The fourth-order valence-corrected chi connectivity index (χ4v) is 1.82. The van der Waals surface area contributed by atoms with Gasteiger partial charge in [-0.25, -0.2) is 15.0 Å². The zero-order valence-corrected chi connectivity index (χ0v) is 11.2. The second-order valence-electron chi connectivity index (χ2n) is 4.61. The predicted octanol–water partition coefficient (Wildman–Crippen LogP) is 1.75. The third-order valence-electron chi connectivity index (χ3n) is 2.10. The second kappa shape index (κ2) is 5.50. The average Bonchev–Trinajstić information content (AvgIpc) is 2.58. The van der Waals surface area contributed by atoms with Crippen molar-refractivity contribution in [3.63, 3.8) is 0 Å². The highest BCUT2D eigenvalue weighted by molar-refractivity contribution is 8.32. The van der Waals surface area contributed by atoms with Gasteiger partial charge in [0.1, 0.15) is 6.73 Å². The number of hydrogen-bond donors (Lipinski definition) is 0. The predicted molar refractivity (Wildman–Crippen MR) is 68.4 cm³/mol. The van der Waals surface area contributed by atoms with Gasteiger partial charge in [-0.15, -0.1) is 0 Å². The largest absolute Gasteiger partial charge is 0.360 e. The van der Waals surface area contributed by atoms with Gasteiger partial charge in [-0.05, 0) is 18.8 Å². The van der Waals surface area contributed by atoms with Gasteiger partial charge in [0, 0.05) is 25.1 Å². The van der Waals surface area contributed by atoms with Crippen LogP contribution in [0, 0.1) is 0 Å². The van der Waals surface area contributed by atoms with Crippen LogP contribution in [-0.2, 0) is 11.5 Å². The monoisotopic (exact) mass is 244 g/mol. The zero-order valence-electron chi connectivity index (χ0n) is 10.4. The van der Waals surface area contributed by atoms with Crippen LogP contribution in [0.1, 0.15) is 17.5 Å². The molecule has 0 aliphatic heterocycles. The molecule has 0 saturated carbocycles. The van der Waals surface area contributed by atoms with E-state index in [2.05, 4.69) is 23.8 Å². The Morgan fingerprint density at radius 3 is 2.75 bits per heavy atom. The minimum absolute atomic E-state index is 0.0324. The molecule has 1 heterocycles. The molecular formula is C11H20N2O2S. The molecule has 4 nitrogen and oxygen atoms in total. The number of carbonyl (C=O) groups excluding carboxylic acids is 1. The summed E-state index contributed by atoms with van der Waals surface area (Å²) < 4.78 is 7.27. The molecule has 1 rings (SSSR count). The lowest BCUT2D eigenvalue weighted by Crippen LogP contribution is -2.13. The van der Waals surface area contributed by atoms with E-state index in [1.165, 1.54) is 6.92 Å². The molecule has 0 radical (unpaired) electrons. The highest BCUT2D eigenvalue weighted by Crippen LogP contribution is 2.33. The Balaban J connectivity index is 2.38. The first kappa shape index (κ1) is 13.3. The van der Waals surface area contributed by atoms with Gasteiger partial charge in [-0.3, -0.25) is 4.79 Å². The number of ether oxygens (including phenoxy) is 1. The number of Topliss-reactive ketones (excluding diaryl/α,β-unsaturated/α-hetero) is 1.